The molecule has 1 aliphatic heterocycles. The highest BCUT2D eigenvalue weighted by molar-refractivity contribution is 5.90. The van der Waals surface area contributed by atoms with Crippen molar-refractivity contribution in [3.63, 3.8) is 0 Å². The first kappa shape index (κ1) is 19.3. The van der Waals surface area contributed by atoms with Gasteiger partial charge in [0.15, 0.2) is 0 Å². The normalized spacial score (nSPS) is 19.8. The Morgan fingerprint density at radius 1 is 1.19 bits per heavy atom. The number of amides is 2. The molecule has 146 valence electrons. The number of hydrogen-bond donors (Lipinski definition) is 2. The standard InChI is InChI=1S/C20H28N4O3/c1-4-26-18-9-8-15(12-17(18)24-10-6-7-11-24)21-20(25)22-16-13-23(3)14-19(16)27-5-2/h6-12,16,19H,4-5,13-14H2,1-3H3,(H2,21,22,25)/t16-,19-/m1/s1. The topological polar surface area (TPSA) is 67.8 Å². The number of aromatic nitrogens is 1. The minimum Gasteiger partial charge on any atom is -0.492 e. The van der Waals surface area contributed by atoms with Gasteiger partial charge >= 0.3 is 6.03 Å². The summed E-state index contributed by atoms with van der Waals surface area (Å²) in [5.41, 5.74) is 1.59. The zero-order valence-corrected chi connectivity index (χ0v) is 16.1. The van der Waals surface area contributed by atoms with Crippen molar-refractivity contribution in [1.29, 1.82) is 0 Å². The van der Waals surface area contributed by atoms with Gasteiger partial charge < -0.3 is 29.6 Å². The predicted octanol–water partition coefficient (Wildman–Crippen LogP) is 2.72. The molecule has 3 rings (SSSR count). The molecule has 0 aliphatic carbocycles. The van der Waals surface area contributed by atoms with E-state index in [9.17, 15) is 4.79 Å². The summed E-state index contributed by atoms with van der Waals surface area (Å²) in [4.78, 5) is 14.7. The lowest BCUT2D eigenvalue weighted by atomic mass is 10.2. The summed E-state index contributed by atoms with van der Waals surface area (Å²) >= 11 is 0. The number of benzene rings is 1. The van der Waals surface area contributed by atoms with Crippen LogP contribution in [-0.4, -0.2) is 61.0 Å². The minimum absolute atomic E-state index is 0.0153. The molecule has 1 aliphatic rings. The van der Waals surface area contributed by atoms with Gasteiger partial charge in [0.1, 0.15) is 5.75 Å². The van der Waals surface area contributed by atoms with E-state index in [1.165, 1.54) is 0 Å². The zero-order chi connectivity index (χ0) is 19.2. The van der Waals surface area contributed by atoms with Crippen molar-refractivity contribution in [3.8, 4) is 11.4 Å². The van der Waals surface area contributed by atoms with E-state index >= 15 is 0 Å². The van der Waals surface area contributed by atoms with Crippen molar-refractivity contribution in [3.05, 3.63) is 42.7 Å². The molecule has 1 aromatic heterocycles. The molecule has 7 nitrogen and oxygen atoms in total. The van der Waals surface area contributed by atoms with Gasteiger partial charge in [-0.2, -0.15) is 0 Å². The number of ether oxygens (including phenoxy) is 2. The summed E-state index contributed by atoms with van der Waals surface area (Å²) in [5.74, 6) is 0.772. The Labute approximate surface area is 160 Å². The molecule has 27 heavy (non-hydrogen) atoms. The van der Waals surface area contributed by atoms with Crippen molar-refractivity contribution < 1.29 is 14.3 Å². The molecule has 0 bridgehead atoms. The van der Waals surface area contributed by atoms with Gasteiger partial charge in [0.25, 0.3) is 0 Å². The van der Waals surface area contributed by atoms with Gasteiger partial charge in [-0.1, -0.05) is 0 Å². The molecule has 1 saturated heterocycles. The van der Waals surface area contributed by atoms with Crippen LogP contribution < -0.4 is 15.4 Å². The summed E-state index contributed by atoms with van der Waals surface area (Å²) in [6, 6.07) is 9.27. The summed E-state index contributed by atoms with van der Waals surface area (Å²) in [6.07, 6.45) is 3.91. The van der Waals surface area contributed by atoms with Gasteiger partial charge in [0, 0.05) is 37.8 Å². The largest absolute Gasteiger partial charge is 0.492 e. The van der Waals surface area contributed by atoms with Crippen molar-refractivity contribution in [2.45, 2.75) is 26.0 Å². The number of likely N-dealkylation sites (tertiary alicyclic amines) is 1. The van der Waals surface area contributed by atoms with Crippen LogP contribution in [0.1, 0.15) is 13.8 Å². The molecule has 1 aromatic carbocycles. The Morgan fingerprint density at radius 2 is 1.96 bits per heavy atom. The number of nitrogens with one attached hydrogen (secondary N) is 2. The molecule has 0 spiro atoms. The van der Waals surface area contributed by atoms with E-state index in [0.29, 0.717) is 18.9 Å². The van der Waals surface area contributed by atoms with Crippen molar-refractivity contribution in [2.24, 2.45) is 0 Å². The molecular formula is C20H28N4O3. The van der Waals surface area contributed by atoms with Crippen LogP contribution in [0.15, 0.2) is 42.7 Å². The SMILES string of the molecule is CCOc1ccc(NC(=O)N[C@@H]2CN(C)C[C@H]2OCC)cc1-n1cccc1. The van der Waals surface area contributed by atoms with E-state index in [1.807, 2.05) is 68.2 Å². The maximum atomic E-state index is 12.5. The number of urea groups is 1. The summed E-state index contributed by atoms with van der Waals surface area (Å²) in [5, 5.41) is 5.96. The highest BCUT2D eigenvalue weighted by atomic mass is 16.5. The minimum atomic E-state index is -0.234. The highest BCUT2D eigenvalue weighted by Gasteiger charge is 2.32. The first-order valence-corrected chi connectivity index (χ1v) is 9.38. The number of carbonyl (C=O) groups is 1. The molecule has 2 heterocycles. The Bertz CT molecular complexity index is 748. The van der Waals surface area contributed by atoms with Crippen LogP contribution in [0.3, 0.4) is 0 Å². The lowest BCUT2D eigenvalue weighted by molar-refractivity contribution is 0.0568. The van der Waals surface area contributed by atoms with E-state index < -0.39 is 0 Å². The lowest BCUT2D eigenvalue weighted by Gasteiger charge is -2.20. The Hall–Kier alpha value is -2.51. The fraction of sp³-hybridized carbons (Fsp3) is 0.450. The molecule has 2 amide bonds. The van der Waals surface area contributed by atoms with Crippen LogP contribution in [0.2, 0.25) is 0 Å². The van der Waals surface area contributed by atoms with Gasteiger partial charge in [0.2, 0.25) is 0 Å². The van der Waals surface area contributed by atoms with E-state index in [-0.39, 0.29) is 18.2 Å². The van der Waals surface area contributed by atoms with Crippen LogP contribution in [0, 0.1) is 0 Å². The third kappa shape index (κ3) is 4.81. The average Bonchev–Trinajstić information content (AvgIpc) is 3.27. The maximum absolute atomic E-state index is 12.5. The second-order valence-electron chi connectivity index (χ2n) is 6.63. The van der Waals surface area contributed by atoms with Gasteiger partial charge in [-0.3, -0.25) is 0 Å². The van der Waals surface area contributed by atoms with E-state index in [0.717, 1.165) is 24.5 Å². The predicted molar refractivity (Wildman–Crippen MR) is 106 cm³/mol. The number of likely N-dealkylation sites (N-methyl/N-ethyl adjacent to an activating group) is 1. The number of rotatable bonds is 7. The van der Waals surface area contributed by atoms with Crippen LogP contribution in [-0.2, 0) is 4.74 Å². The van der Waals surface area contributed by atoms with E-state index in [2.05, 4.69) is 15.5 Å². The third-order valence-corrected chi connectivity index (χ3v) is 4.55. The Kier molecular flexibility index (Phi) is 6.36. The van der Waals surface area contributed by atoms with Crippen LogP contribution in [0.5, 0.6) is 5.75 Å². The van der Waals surface area contributed by atoms with Crippen molar-refractivity contribution in [1.82, 2.24) is 14.8 Å². The number of carbonyl (C=O) groups excluding carboxylic acids is 1. The first-order chi connectivity index (χ1) is 13.1. The van der Waals surface area contributed by atoms with Gasteiger partial charge in [-0.15, -0.1) is 0 Å². The Morgan fingerprint density at radius 3 is 2.67 bits per heavy atom. The monoisotopic (exact) mass is 372 g/mol. The second-order valence-corrected chi connectivity index (χ2v) is 6.63. The molecule has 2 aromatic rings. The summed E-state index contributed by atoms with van der Waals surface area (Å²) in [6.45, 7) is 6.73. The quantitative estimate of drug-likeness (QED) is 0.784. The van der Waals surface area contributed by atoms with E-state index in [4.69, 9.17) is 9.47 Å². The maximum Gasteiger partial charge on any atom is 0.319 e. The summed E-state index contributed by atoms with van der Waals surface area (Å²) in [7, 11) is 2.03. The molecule has 2 N–H and O–H groups in total. The van der Waals surface area contributed by atoms with Crippen LogP contribution in [0.4, 0.5) is 10.5 Å². The van der Waals surface area contributed by atoms with Crippen LogP contribution in [0.25, 0.3) is 5.69 Å². The molecule has 1 fully saturated rings. The molecule has 0 radical (unpaired) electrons. The third-order valence-electron chi connectivity index (χ3n) is 4.55. The van der Waals surface area contributed by atoms with Crippen molar-refractivity contribution >= 4 is 11.7 Å². The molecule has 2 atom stereocenters. The highest BCUT2D eigenvalue weighted by Crippen LogP contribution is 2.27. The number of hydrogen-bond acceptors (Lipinski definition) is 4. The van der Waals surface area contributed by atoms with E-state index in [1.54, 1.807) is 0 Å². The fourth-order valence-electron chi connectivity index (χ4n) is 3.39. The lowest BCUT2D eigenvalue weighted by Crippen LogP contribution is -2.45. The molecule has 0 saturated carbocycles. The second kappa shape index (κ2) is 8.92. The smallest absolute Gasteiger partial charge is 0.319 e. The molecule has 0 unspecified atom stereocenters. The Balaban J connectivity index is 1.70. The first-order valence-electron chi connectivity index (χ1n) is 9.38. The van der Waals surface area contributed by atoms with Crippen LogP contribution >= 0.6 is 0 Å². The fourth-order valence-corrected chi connectivity index (χ4v) is 3.39. The number of nitrogens with zero attached hydrogens (tertiary/aromatic N) is 2. The zero-order valence-electron chi connectivity index (χ0n) is 16.1. The number of anilines is 1. The summed E-state index contributed by atoms with van der Waals surface area (Å²) < 4.78 is 13.4. The van der Waals surface area contributed by atoms with Gasteiger partial charge in [0.05, 0.1) is 24.4 Å². The van der Waals surface area contributed by atoms with Gasteiger partial charge in [-0.05, 0) is 51.2 Å². The molecular weight excluding hydrogens is 344 g/mol. The molecule has 7 heteroatoms. The average molecular weight is 372 g/mol. The van der Waals surface area contributed by atoms with Gasteiger partial charge in [-0.25, -0.2) is 4.79 Å². The van der Waals surface area contributed by atoms with Crippen molar-refractivity contribution in [2.75, 3.05) is 38.7 Å².